The van der Waals surface area contributed by atoms with Gasteiger partial charge in [0.2, 0.25) is 0 Å². The number of hydrogen-bond donors (Lipinski definition) is 0. The Kier molecular flexibility index (Phi) is 0.543. The molecule has 0 heteroatoms. The third-order valence-corrected chi connectivity index (χ3v) is 9.55. The van der Waals surface area contributed by atoms with Crippen molar-refractivity contribution in [2.24, 2.45) is 38.9 Å². The lowest BCUT2D eigenvalue weighted by atomic mass is 9.52. The van der Waals surface area contributed by atoms with E-state index >= 15 is 0 Å². The van der Waals surface area contributed by atoms with E-state index in [1.165, 1.54) is 11.8 Å². The summed E-state index contributed by atoms with van der Waals surface area (Å²) in [7, 11) is 0. The van der Waals surface area contributed by atoms with E-state index in [1.54, 1.807) is 51.4 Å². The van der Waals surface area contributed by atoms with Gasteiger partial charge in [0.15, 0.2) is 0 Å². The molecule has 0 amide bonds. The molecule has 0 heterocycles. The monoisotopic (exact) mass is 198 g/mol. The molecule has 0 aromatic rings. The van der Waals surface area contributed by atoms with Crippen LogP contribution in [0.5, 0.6) is 0 Å². The Morgan fingerprint density at radius 1 is 0.600 bits per heavy atom. The van der Waals surface area contributed by atoms with Crippen LogP contribution in [0.1, 0.15) is 51.4 Å². The van der Waals surface area contributed by atoms with Gasteiger partial charge in [-0.15, -0.1) is 0 Å². The van der Waals surface area contributed by atoms with Gasteiger partial charge < -0.3 is 0 Å². The van der Waals surface area contributed by atoms with Crippen LogP contribution in [-0.4, -0.2) is 0 Å². The van der Waals surface area contributed by atoms with Crippen molar-refractivity contribution in [1.29, 1.82) is 0 Å². The van der Waals surface area contributed by atoms with E-state index in [-0.39, 0.29) is 0 Å². The highest BCUT2D eigenvalue weighted by Gasteiger charge is 3.28. The van der Waals surface area contributed by atoms with Gasteiger partial charge >= 0.3 is 0 Å². The largest absolute Gasteiger partial charge is 0.0521 e. The second-order valence-electron chi connectivity index (χ2n) is 8.03. The maximum atomic E-state index is 1.68. The van der Waals surface area contributed by atoms with Crippen LogP contribution in [0.2, 0.25) is 0 Å². The van der Waals surface area contributed by atoms with Crippen LogP contribution < -0.4 is 0 Å². The van der Waals surface area contributed by atoms with Crippen LogP contribution in [0.3, 0.4) is 0 Å². The van der Waals surface area contributed by atoms with Crippen molar-refractivity contribution in [2.45, 2.75) is 51.4 Å². The standard InChI is InChI=1S/C15H18/c1-5-11-9-3-4-10-12(11,6-1)15(11)13(9)7-2-8-14(10,13)15/h9-10H,1-8H2/t9?,10?,11-,12+,13+,14-,15?. The molecule has 8 rings (SSSR count). The molecule has 0 aliphatic heterocycles. The van der Waals surface area contributed by atoms with E-state index in [0.717, 1.165) is 27.1 Å². The molecule has 8 aliphatic carbocycles. The first-order valence-corrected chi connectivity index (χ1v) is 7.39. The summed E-state index contributed by atoms with van der Waals surface area (Å²) in [5.74, 6) is 2.53. The molecular formula is C15H18. The lowest BCUT2D eigenvalue weighted by Crippen LogP contribution is -2.47. The molecule has 0 aromatic heterocycles. The molecule has 0 N–H and O–H groups in total. The van der Waals surface area contributed by atoms with E-state index in [2.05, 4.69) is 0 Å². The molecule has 15 heavy (non-hydrogen) atoms. The first kappa shape index (κ1) is 6.67. The minimum atomic E-state index is 1.02. The first-order chi connectivity index (χ1) is 7.39. The van der Waals surface area contributed by atoms with Crippen LogP contribution >= 0.6 is 0 Å². The molecule has 2 unspecified atom stereocenters. The van der Waals surface area contributed by atoms with Crippen molar-refractivity contribution < 1.29 is 0 Å². The van der Waals surface area contributed by atoms with Gasteiger partial charge in [-0.3, -0.25) is 0 Å². The molecule has 8 fully saturated rings. The van der Waals surface area contributed by atoms with Gasteiger partial charge in [0, 0.05) is 0 Å². The Balaban J connectivity index is 1.68. The fourth-order valence-electron chi connectivity index (χ4n) is 11.0. The summed E-state index contributed by atoms with van der Waals surface area (Å²) >= 11 is 0. The van der Waals surface area contributed by atoms with Crippen LogP contribution in [0, 0.1) is 38.9 Å². The lowest BCUT2D eigenvalue weighted by Gasteiger charge is -2.52. The van der Waals surface area contributed by atoms with E-state index in [4.69, 9.17) is 0 Å². The van der Waals surface area contributed by atoms with Gasteiger partial charge in [0.1, 0.15) is 0 Å². The summed E-state index contributed by atoms with van der Waals surface area (Å²) in [5.41, 5.74) is 5.13. The second kappa shape index (κ2) is 1.22. The van der Waals surface area contributed by atoms with Crippen molar-refractivity contribution in [1.82, 2.24) is 0 Å². The Labute approximate surface area is 90.8 Å². The fourth-order valence-corrected chi connectivity index (χ4v) is 11.0. The summed E-state index contributed by atoms with van der Waals surface area (Å²) in [6.45, 7) is 0. The average Bonchev–Trinajstić information content (AvgIpc) is 2.70. The maximum Gasteiger partial charge on any atom is -0.00377 e. The highest BCUT2D eigenvalue weighted by Crippen LogP contribution is 3.31. The number of fused-ring (bicyclic) bond motifs is 1. The Morgan fingerprint density at radius 2 is 1.00 bits per heavy atom. The molecule has 0 saturated heterocycles. The molecule has 2 bridgehead atoms. The van der Waals surface area contributed by atoms with Crippen LogP contribution in [-0.2, 0) is 0 Å². The van der Waals surface area contributed by atoms with Crippen molar-refractivity contribution in [3.63, 3.8) is 0 Å². The highest BCUT2D eigenvalue weighted by molar-refractivity contribution is 5.74. The molecule has 78 valence electrons. The molecule has 8 aliphatic rings. The summed E-state index contributed by atoms with van der Waals surface area (Å²) in [6, 6.07) is 0. The molecule has 8 saturated carbocycles. The van der Waals surface area contributed by atoms with Crippen molar-refractivity contribution in [3.05, 3.63) is 0 Å². The predicted molar refractivity (Wildman–Crippen MR) is 56.1 cm³/mol. The minimum absolute atomic E-state index is 1.02. The van der Waals surface area contributed by atoms with Gasteiger partial charge in [-0.05, 0) is 77.4 Å². The zero-order chi connectivity index (χ0) is 9.31. The molecule has 6 atom stereocenters. The highest BCUT2D eigenvalue weighted by atomic mass is 15.3. The van der Waals surface area contributed by atoms with Gasteiger partial charge in [-0.2, -0.15) is 0 Å². The number of hydrogen-bond acceptors (Lipinski definition) is 0. The zero-order valence-corrected chi connectivity index (χ0v) is 9.31. The molecule has 5 spiro atoms. The fraction of sp³-hybridized carbons (Fsp3) is 1.00. The topological polar surface area (TPSA) is 0 Å². The normalized spacial score (nSPS) is 91.2. The van der Waals surface area contributed by atoms with E-state index in [1.807, 2.05) is 0 Å². The quantitative estimate of drug-likeness (QED) is 0.560. The summed E-state index contributed by atoms with van der Waals surface area (Å²) in [5, 5.41) is 0. The second-order valence-corrected chi connectivity index (χ2v) is 8.03. The van der Waals surface area contributed by atoms with Gasteiger partial charge in [-0.25, -0.2) is 0 Å². The molecule has 0 nitrogen and oxygen atoms in total. The Morgan fingerprint density at radius 3 is 1.40 bits per heavy atom. The minimum Gasteiger partial charge on any atom is -0.0521 e. The first-order valence-electron chi connectivity index (χ1n) is 7.39. The van der Waals surface area contributed by atoms with Gasteiger partial charge in [0.05, 0.1) is 0 Å². The summed E-state index contributed by atoms with van der Waals surface area (Å²) in [6.07, 6.45) is 13.3. The SMILES string of the molecule is C1C[C@]23C4CCC5[C@]67CCC[C@]46C27[C@@]53C1. The van der Waals surface area contributed by atoms with Crippen molar-refractivity contribution >= 4 is 0 Å². The van der Waals surface area contributed by atoms with Crippen LogP contribution in [0.4, 0.5) is 0 Å². The third-order valence-electron chi connectivity index (χ3n) is 9.55. The molecule has 0 aromatic carbocycles. The average molecular weight is 198 g/mol. The van der Waals surface area contributed by atoms with Crippen LogP contribution in [0.25, 0.3) is 0 Å². The van der Waals surface area contributed by atoms with E-state index in [9.17, 15) is 0 Å². The predicted octanol–water partition coefficient (Wildman–Crippen LogP) is 3.37. The van der Waals surface area contributed by atoms with Crippen molar-refractivity contribution in [2.75, 3.05) is 0 Å². The van der Waals surface area contributed by atoms with E-state index < -0.39 is 0 Å². The van der Waals surface area contributed by atoms with Gasteiger partial charge in [0.25, 0.3) is 0 Å². The summed E-state index contributed by atoms with van der Waals surface area (Å²) < 4.78 is 0. The Bertz CT molecular complexity index is 395. The smallest absolute Gasteiger partial charge is 0.00377 e. The maximum absolute atomic E-state index is 1.68. The zero-order valence-electron chi connectivity index (χ0n) is 9.31. The Hall–Kier alpha value is 0. The number of rotatable bonds is 0. The van der Waals surface area contributed by atoms with E-state index in [0.29, 0.717) is 0 Å². The van der Waals surface area contributed by atoms with Gasteiger partial charge in [-0.1, -0.05) is 12.8 Å². The lowest BCUT2D eigenvalue weighted by molar-refractivity contribution is -0.0466. The third kappa shape index (κ3) is 0.223. The summed E-state index contributed by atoms with van der Waals surface area (Å²) in [4.78, 5) is 0. The molecule has 0 radical (unpaired) electrons. The van der Waals surface area contributed by atoms with Crippen molar-refractivity contribution in [3.8, 4) is 0 Å². The van der Waals surface area contributed by atoms with Crippen LogP contribution in [0.15, 0.2) is 0 Å². The molecular weight excluding hydrogens is 180 g/mol.